The van der Waals surface area contributed by atoms with Gasteiger partial charge in [0.05, 0.1) is 5.69 Å². The van der Waals surface area contributed by atoms with Crippen LogP contribution in [-0.2, 0) is 0 Å². The highest BCUT2D eigenvalue weighted by Gasteiger charge is 2.16. The highest BCUT2D eigenvalue weighted by Crippen LogP contribution is 2.26. The van der Waals surface area contributed by atoms with Crippen LogP contribution in [0, 0.1) is 0 Å². The predicted molar refractivity (Wildman–Crippen MR) is 113 cm³/mol. The van der Waals surface area contributed by atoms with Crippen LogP contribution in [-0.4, -0.2) is 28.8 Å². The number of anilines is 3. The van der Waals surface area contributed by atoms with Crippen LogP contribution in [0.1, 0.15) is 36.5 Å². The normalized spacial score (nSPS) is 14.0. The number of hydrogen-bond acceptors (Lipinski definition) is 5. The zero-order valence-electron chi connectivity index (χ0n) is 16.1. The number of hydrogen-bond donors (Lipinski definition) is 1. The Labute approximate surface area is 165 Å². The van der Waals surface area contributed by atoms with E-state index < -0.39 is 0 Å². The maximum Gasteiger partial charge on any atom is 0.227 e. The van der Waals surface area contributed by atoms with Gasteiger partial charge >= 0.3 is 0 Å². The second-order valence-corrected chi connectivity index (χ2v) is 7.11. The van der Waals surface area contributed by atoms with Crippen LogP contribution in [0.4, 0.5) is 17.5 Å². The van der Waals surface area contributed by atoms with Crippen molar-refractivity contribution in [3.8, 4) is 11.3 Å². The monoisotopic (exact) mass is 372 g/mol. The molecule has 142 valence electrons. The number of carbonyl (C=O) groups excluding carboxylic acids is 1. The van der Waals surface area contributed by atoms with Crippen LogP contribution in [0.25, 0.3) is 11.3 Å². The molecule has 5 nitrogen and oxygen atoms in total. The maximum atomic E-state index is 11.5. The number of benzene rings is 2. The van der Waals surface area contributed by atoms with Crippen molar-refractivity contribution in [3.63, 3.8) is 0 Å². The second-order valence-electron chi connectivity index (χ2n) is 7.11. The van der Waals surface area contributed by atoms with Crippen LogP contribution in [0.3, 0.4) is 0 Å². The quantitative estimate of drug-likeness (QED) is 0.633. The van der Waals surface area contributed by atoms with Crippen molar-refractivity contribution in [1.82, 2.24) is 9.97 Å². The van der Waals surface area contributed by atoms with Gasteiger partial charge in [0.1, 0.15) is 5.82 Å². The summed E-state index contributed by atoms with van der Waals surface area (Å²) in [5.74, 6) is 1.58. The molecular formula is C23H24N4O. The first-order valence-electron chi connectivity index (χ1n) is 9.76. The predicted octanol–water partition coefficient (Wildman–Crippen LogP) is 5.08. The van der Waals surface area contributed by atoms with Gasteiger partial charge in [0.2, 0.25) is 5.95 Å². The number of nitrogens with zero attached hydrogens (tertiary/aromatic N) is 3. The number of nitrogens with one attached hydrogen (secondary N) is 1. The van der Waals surface area contributed by atoms with Crippen LogP contribution in [0.5, 0.6) is 0 Å². The second kappa shape index (κ2) is 8.21. The van der Waals surface area contributed by atoms with E-state index in [2.05, 4.69) is 22.3 Å². The van der Waals surface area contributed by atoms with Gasteiger partial charge in [0.15, 0.2) is 5.78 Å². The Morgan fingerprint density at radius 3 is 2.32 bits per heavy atom. The molecule has 2 aromatic carbocycles. The van der Waals surface area contributed by atoms with E-state index in [0.29, 0.717) is 5.56 Å². The molecule has 0 saturated carbocycles. The van der Waals surface area contributed by atoms with Gasteiger partial charge in [-0.3, -0.25) is 4.79 Å². The first kappa shape index (κ1) is 18.2. The Balaban J connectivity index is 1.67. The topological polar surface area (TPSA) is 58.1 Å². The molecule has 0 spiro atoms. The summed E-state index contributed by atoms with van der Waals surface area (Å²) < 4.78 is 0. The number of ketones is 1. The van der Waals surface area contributed by atoms with E-state index in [1.54, 1.807) is 6.92 Å². The molecule has 0 bridgehead atoms. The largest absolute Gasteiger partial charge is 0.341 e. The van der Waals surface area contributed by atoms with Crippen molar-refractivity contribution >= 4 is 23.2 Å². The number of piperidine rings is 1. The molecule has 1 fully saturated rings. The third-order valence-electron chi connectivity index (χ3n) is 4.99. The lowest BCUT2D eigenvalue weighted by Crippen LogP contribution is -2.31. The highest BCUT2D eigenvalue weighted by atomic mass is 16.1. The third kappa shape index (κ3) is 4.19. The van der Waals surface area contributed by atoms with Crippen molar-refractivity contribution in [3.05, 3.63) is 66.2 Å². The molecule has 5 heteroatoms. The molecule has 28 heavy (non-hydrogen) atoms. The Morgan fingerprint density at radius 1 is 0.929 bits per heavy atom. The Hall–Kier alpha value is -3.21. The van der Waals surface area contributed by atoms with E-state index in [1.165, 1.54) is 19.3 Å². The zero-order chi connectivity index (χ0) is 19.3. The van der Waals surface area contributed by atoms with Crippen LogP contribution in [0.2, 0.25) is 0 Å². The smallest absolute Gasteiger partial charge is 0.227 e. The third-order valence-corrected chi connectivity index (χ3v) is 4.99. The first-order chi connectivity index (χ1) is 13.7. The fourth-order valence-electron chi connectivity index (χ4n) is 3.43. The summed E-state index contributed by atoms with van der Waals surface area (Å²) in [4.78, 5) is 23.4. The summed E-state index contributed by atoms with van der Waals surface area (Å²) in [6.07, 6.45) is 3.62. The zero-order valence-corrected chi connectivity index (χ0v) is 16.1. The molecule has 3 aromatic rings. The van der Waals surface area contributed by atoms with Crippen molar-refractivity contribution in [1.29, 1.82) is 0 Å². The molecule has 1 aliphatic heterocycles. The number of aromatic nitrogens is 2. The molecule has 1 aromatic heterocycles. The minimum absolute atomic E-state index is 0.0623. The molecule has 0 unspecified atom stereocenters. The van der Waals surface area contributed by atoms with Crippen LogP contribution < -0.4 is 10.2 Å². The molecule has 1 N–H and O–H groups in total. The molecule has 0 atom stereocenters. The Morgan fingerprint density at radius 2 is 1.64 bits per heavy atom. The lowest BCUT2D eigenvalue weighted by atomic mass is 10.1. The van der Waals surface area contributed by atoms with Gasteiger partial charge in [-0.05, 0) is 50.5 Å². The lowest BCUT2D eigenvalue weighted by Gasteiger charge is -2.27. The number of carbonyl (C=O) groups is 1. The molecule has 4 rings (SSSR count). The summed E-state index contributed by atoms with van der Waals surface area (Å²) >= 11 is 0. The average molecular weight is 372 g/mol. The molecule has 0 radical (unpaired) electrons. The van der Waals surface area contributed by atoms with Gasteiger partial charge in [-0.25, -0.2) is 4.98 Å². The van der Waals surface area contributed by atoms with Gasteiger partial charge in [-0.2, -0.15) is 4.98 Å². The van der Waals surface area contributed by atoms with E-state index in [1.807, 2.05) is 48.5 Å². The Kier molecular flexibility index (Phi) is 5.33. The fraction of sp³-hybridized carbons (Fsp3) is 0.261. The van der Waals surface area contributed by atoms with Crippen molar-refractivity contribution in [2.75, 3.05) is 23.3 Å². The van der Waals surface area contributed by atoms with Gasteiger partial charge in [0, 0.05) is 36.0 Å². The summed E-state index contributed by atoms with van der Waals surface area (Å²) in [6, 6.07) is 19.6. The van der Waals surface area contributed by atoms with E-state index in [9.17, 15) is 4.79 Å². The molecule has 2 heterocycles. The van der Waals surface area contributed by atoms with Gasteiger partial charge in [-0.1, -0.05) is 30.3 Å². The van der Waals surface area contributed by atoms with E-state index in [0.717, 1.165) is 41.8 Å². The van der Waals surface area contributed by atoms with E-state index in [-0.39, 0.29) is 5.78 Å². The van der Waals surface area contributed by atoms with Gasteiger partial charge in [0.25, 0.3) is 0 Å². The minimum atomic E-state index is 0.0623. The highest BCUT2D eigenvalue weighted by molar-refractivity contribution is 5.94. The lowest BCUT2D eigenvalue weighted by molar-refractivity contribution is 0.101. The molecular weight excluding hydrogens is 348 g/mol. The number of Topliss-reactive ketones (excluding diaryl/α,β-unsaturated/α-hetero) is 1. The maximum absolute atomic E-state index is 11.5. The summed E-state index contributed by atoms with van der Waals surface area (Å²) in [5.41, 5.74) is 3.57. The SMILES string of the molecule is CC(=O)c1ccc(Nc2cc(-c3ccccc3)nc(N3CCCCC3)n2)cc1. The van der Waals surface area contributed by atoms with Crippen molar-refractivity contribution in [2.45, 2.75) is 26.2 Å². The van der Waals surface area contributed by atoms with E-state index in [4.69, 9.17) is 9.97 Å². The molecule has 1 aliphatic rings. The summed E-state index contributed by atoms with van der Waals surface area (Å²) in [6.45, 7) is 3.56. The van der Waals surface area contributed by atoms with Crippen molar-refractivity contribution in [2.24, 2.45) is 0 Å². The Bertz CT molecular complexity index is 948. The first-order valence-corrected chi connectivity index (χ1v) is 9.76. The van der Waals surface area contributed by atoms with Crippen molar-refractivity contribution < 1.29 is 4.79 Å². The van der Waals surface area contributed by atoms with Gasteiger partial charge in [-0.15, -0.1) is 0 Å². The molecule has 1 saturated heterocycles. The van der Waals surface area contributed by atoms with Crippen LogP contribution in [0.15, 0.2) is 60.7 Å². The van der Waals surface area contributed by atoms with Gasteiger partial charge < -0.3 is 10.2 Å². The summed E-state index contributed by atoms with van der Waals surface area (Å²) in [5, 5.41) is 3.37. The molecule has 0 aliphatic carbocycles. The summed E-state index contributed by atoms with van der Waals surface area (Å²) in [7, 11) is 0. The van der Waals surface area contributed by atoms with Crippen LogP contribution >= 0.6 is 0 Å². The average Bonchev–Trinajstić information content (AvgIpc) is 2.75. The fourth-order valence-corrected chi connectivity index (χ4v) is 3.43. The standard InChI is InChI=1S/C23H24N4O/c1-17(28)18-10-12-20(13-11-18)24-22-16-21(19-8-4-2-5-9-19)25-23(26-22)27-14-6-3-7-15-27/h2,4-5,8-13,16H,3,6-7,14-15H2,1H3,(H,24,25,26). The minimum Gasteiger partial charge on any atom is -0.341 e. The van der Waals surface area contributed by atoms with E-state index >= 15 is 0 Å². The number of rotatable bonds is 5. The molecule has 0 amide bonds.